The Kier molecular flexibility index (Phi) is 5.84. The molecule has 2 aromatic rings. The van der Waals surface area contributed by atoms with Gasteiger partial charge in [0.2, 0.25) is 0 Å². The monoisotopic (exact) mass is 352 g/mol. The molecule has 2 aromatic carbocycles. The zero-order chi connectivity index (χ0) is 16.8. The van der Waals surface area contributed by atoms with Crippen LogP contribution in [-0.2, 0) is 11.3 Å². The summed E-state index contributed by atoms with van der Waals surface area (Å²) in [6.07, 6.45) is 0.285. The quantitative estimate of drug-likeness (QED) is 0.385. The third-order valence-corrected chi connectivity index (χ3v) is 3.68. The van der Waals surface area contributed by atoms with Crippen molar-refractivity contribution in [2.75, 3.05) is 7.11 Å². The molecule has 7 heteroatoms. The highest BCUT2D eigenvalue weighted by atomic mass is 35.5. The van der Waals surface area contributed by atoms with E-state index in [1.807, 2.05) is 0 Å². The van der Waals surface area contributed by atoms with Crippen LogP contribution in [0, 0.1) is 0 Å². The first-order valence-electron chi connectivity index (χ1n) is 6.61. The molecule has 0 radical (unpaired) electrons. The van der Waals surface area contributed by atoms with Crippen LogP contribution in [0.2, 0.25) is 10.0 Å². The van der Waals surface area contributed by atoms with Gasteiger partial charge in [0.15, 0.2) is 0 Å². The number of ether oxygens (including phenoxy) is 1. The Balaban J connectivity index is 1.97. The Hall–Kier alpha value is -2.24. The van der Waals surface area contributed by atoms with Gasteiger partial charge in [-0.1, -0.05) is 34.4 Å². The van der Waals surface area contributed by atoms with Crippen LogP contribution in [-0.4, -0.2) is 18.9 Å². The van der Waals surface area contributed by atoms with Crippen LogP contribution in [0.5, 0.6) is 5.75 Å². The van der Waals surface area contributed by atoms with E-state index in [9.17, 15) is 4.79 Å². The summed E-state index contributed by atoms with van der Waals surface area (Å²) in [5, 5.41) is 4.51. The Morgan fingerprint density at radius 2 is 1.83 bits per heavy atom. The van der Waals surface area contributed by atoms with Crippen molar-refractivity contribution in [3.8, 4) is 5.75 Å². The van der Waals surface area contributed by atoms with Crippen LogP contribution in [0.25, 0.3) is 0 Å². The van der Waals surface area contributed by atoms with Gasteiger partial charge >= 0.3 is 5.97 Å². The first-order valence-corrected chi connectivity index (χ1v) is 7.37. The summed E-state index contributed by atoms with van der Waals surface area (Å²) >= 11 is 11.8. The van der Waals surface area contributed by atoms with E-state index in [4.69, 9.17) is 38.5 Å². The highest BCUT2D eigenvalue weighted by Crippen LogP contribution is 2.22. The number of carbonyl (C=O) groups is 1. The standard InChI is InChI=1S/C16H14Cl2N2O3/c1-22-12-5-3-11(4-6-12)16(21)23-20-15(19)9-10-2-7-13(17)14(18)8-10/h2-8H,9H2,1H3,(H2,19,20). The van der Waals surface area contributed by atoms with E-state index < -0.39 is 5.97 Å². The molecule has 2 N–H and O–H groups in total. The fourth-order valence-electron chi connectivity index (χ4n) is 1.77. The molecule has 0 spiro atoms. The SMILES string of the molecule is COc1ccc(C(=O)ON=C(N)Cc2ccc(Cl)c(Cl)c2)cc1. The molecule has 0 heterocycles. The lowest BCUT2D eigenvalue weighted by Crippen LogP contribution is -2.16. The number of methoxy groups -OCH3 is 1. The number of nitrogens with zero attached hydrogens (tertiary/aromatic N) is 1. The number of hydrogen-bond acceptors (Lipinski definition) is 4. The lowest BCUT2D eigenvalue weighted by atomic mass is 10.1. The van der Waals surface area contributed by atoms with Crippen LogP contribution in [0.3, 0.4) is 0 Å². The van der Waals surface area contributed by atoms with Gasteiger partial charge in [0.25, 0.3) is 0 Å². The van der Waals surface area contributed by atoms with Gasteiger partial charge in [-0.3, -0.25) is 0 Å². The number of hydrogen-bond donors (Lipinski definition) is 1. The van der Waals surface area contributed by atoms with Gasteiger partial charge < -0.3 is 15.3 Å². The molecule has 0 unspecified atom stereocenters. The van der Waals surface area contributed by atoms with Crippen molar-refractivity contribution in [2.24, 2.45) is 10.9 Å². The highest BCUT2D eigenvalue weighted by molar-refractivity contribution is 6.42. The Bertz CT molecular complexity index is 731. The average molecular weight is 353 g/mol. The number of carbonyl (C=O) groups excluding carboxylic acids is 1. The summed E-state index contributed by atoms with van der Waals surface area (Å²) in [5.74, 6) is 0.180. The van der Waals surface area contributed by atoms with Gasteiger partial charge in [0.05, 0.1) is 22.7 Å². The van der Waals surface area contributed by atoms with Crippen molar-refractivity contribution in [3.05, 3.63) is 63.6 Å². The molecule has 0 bridgehead atoms. The van der Waals surface area contributed by atoms with Gasteiger partial charge in [-0.05, 0) is 42.0 Å². The third-order valence-electron chi connectivity index (χ3n) is 2.94. The fourth-order valence-corrected chi connectivity index (χ4v) is 2.09. The molecule has 120 valence electrons. The molecule has 0 saturated heterocycles. The maximum Gasteiger partial charge on any atom is 0.365 e. The van der Waals surface area contributed by atoms with Crippen LogP contribution in [0.15, 0.2) is 47.6 Å². The normalized spacial score (nSPS) is 11.2. The summed E-state index contributed by atoms with van der Waals surface area (Å²) in [7, 11) is 1.54. The number of nitrogens with two attached hydrogens (primary N) is 1. The summed E-state index contributed by atoms with van der Waals surface area (Å²) in [6, 6.07) is 11.6. The highest BCUT2D eigenvalue weighted by Gasteiger charge is 2.08. The maximum atomic E-state index is 11.8. The van der Waals surface area contributed by atoms with Crippen molar-refractivity contribution in [1.29, 1.82) is 0 Å². The number of oxime groups is 1. The van der Waals surface area contributed by atoms with E-state index >= 15 is 0 Å². The maximum absolute atomic E-state index is 11.8. The van der Waals surface area contributed by atoms with Crippen LogP contribution >= 0.6 is 23.2 Å². The smallest absolute Gasteiger partial charge is 0.365 e. The zero-order valence-corrected chi connectivity index (χ0v) is 13.8. The minimum Gasteiger partial charge on any atom is -0.497 e. The van der Waals surface area contributed by atoms with E-state index in [0.717, 1.165) is 5.56 Å². The lowest BCUT2D eigenvalue weighted by Gasteiger charge is -2.04. The van der Waals surface area contributed by atoms with Gasteiger partial charge in [0, 0.05) is 6.42 Å². The minimum absolute atomic E-state index is 0.144. The second-order valence-electron chi connectivity index (χ2n) is 4.62. The van der Waals surface area contributed by atoms with Crippen molar-refractivity contribution in [1.82, 2.24) is 0 Å². The van der Waals surface area contributed by atoms with Crippen LogP contribution < -0.4 is 10.5 Å². The molecule has 0 saturated carbocycles. The second-order valence-corrected chi connectivity index (χ2v) is 5.43. The molecular weight excluding hydrogens is 339 g/mol. The Morgan fingerprint density at radius 3 is 2.43 bits per heavy atom. The molecule has 2 rings (SSSR count). The number of amidine groups is 1. The second kappa shape index (κ2) is 7.85. The molecule has 0 atom stereocenters. The predicted octanol–water partition coefficient (Wildman–Crippen LogP) is 3.67. The number of benzene rings is 2. The minimum atomic E-state index is -0.607. The Morgan fingerprint density at radius 1 is 1.13 bits per heavy atom. The number of rotatable bonds is 5. The third kappa shape index (κ3) is 4.87. The van der Waals surface area contributed by atoms with Gasteiger partial charge in [-0.25, -0.2) is 4.79 Å². The molecule has 0 aliphatic heterocycles. The van der Waals surface area contributed by atoms with E-state index in [2.05, 4.69) is 5.16 Å². The zero-order valence-electron chi connectivity index (χ0n) is 12.3. The first-order chi connectivity index (χ1) is 11.0. The summed E-state index contributed by atoms with van der Waals surface area (Å²) < 4.78 is 5.01. The van der Waals surface area contributed by atoms with Crippen molar-refractivity contribution in [2.45, 2.75) is 6.42 Å². The van der Waals surface area contributed by atoms with E-state index in [0.29, 0.717) is 21.4 Å². The summed E-state index contributed by atoms with van der Waals surface area (Å²) in [4.78, 5) is 16.6. The fraction of sp³-hybridized carbons (Fsp3) is 0.125. The van der Waals surface area contributed by atoms with E-state index in [-0.39, 0.29) is 12.3 Å². The average Bonchev–Trinajstić information content (AvgIpc) is 2.56. The molecule has 0 aliphatic rings. The molecule has 23 heavy (non-hydrogen) atoms. The molecule has 0 fully saturated rings. The van der Waals surface area contributed by atoms with Gasteiger partial charge in [0.1, 0.15) is 11.6 Å². The van der Waals surface area contributed by atoms with Crippen molar-refractivity contribution in [3.63, 3.8) is 0 Å². The molecule has 5 nitrogen and oxygen atoms in total. The predicted molar refractivity (Wildman–Crippen MR) is 90.2 cm³/mol. The van der Waals surface area contributed by atoms with Crippen LogP contribution in [0.1, 0.15) is 15.9 Å². The number of halogens is 2. The Labute approximate surface area is 143 Å². The van der Waals surface area contributed by atoms with Gasteiger partial charge in [-0.2, -0.15) is 0 Å². The van der Waals surface area contributed by atoms with E-state index in [1.54, 1.807) is 49.6 Å². The summed E-state index contributed by atoms with van der Waals surface area (Å²) in [5.41, 5.74) is 6.89. The largest absolute Gasteiger partial charge is 0.497 e. The summed E-state index contributed by atoms with van der Waals surface area (Å²) in [6.45, 7) is 0. The lowest BCUT2D eigenvalue weighted by molar-refractivity contribution is 0.0515. The van der Waals surface area contributed by atoms with Crippen LogP contribution in [0.4, 0.5) is 0 Å². The topological polar surface area (TPSA) is 73.9 Å². The van der Waals surface area contributed by atoms with Crippen molar-refractivity contribution < 1.29 is 14.4 Å². The molecule has 0 aromatic heterocycles. The molecule has 0 amide bonds. The first kappa shape index (κ1) is 17.1. The van der Waals surface area contributed by atoms with E-state index in [1.165, 1.54) is 0 Å². The van der Waals surface area contributed by atoms with Crippen molar-refractivity contribution >= 4 is 35.0 Å². The molecule has 0 aliphatic carbocycles. The van der Waals surface area contributed by atoms with Gasteiger partial charge in [-0.15, -0.1) is 0 Å². The molecular formula is C16H14Cl2N2O3.